The van der Waals surface area contributed by atoms with Gasteiger partial charge in [-0.25, -0.2) is 14.3 Å². The number of hydrogen-bond acceptors (Lipinski definition) is 8. The molecule has 0 amide bonds. The molecule has 0 spiro atoms. The van der Waals surface area contributed by atoms with Crippen LogP contribution in [-0.2, 0) is 11.8 Å². The van der Waals surface area contributed by atoms with Crippen LogP contribution in [0.3, 0.4) is 0 Å². The first kappa shape index (κ1) is 16.9. The second-order valence-corrected chi connectivity index (χ2v) is 4.52. The van der Waals surface area contributed by atoms with Crippen molar-refractivity contribution in [2.24, 2.45) is 7.05 Å². The van der Waals surface area contributed by atoms with Gasteiger partial charge in [0.2, 0.25) is 5.88 Å². The van der Waals surface area contributed by atoms with E-state index in [1.165, 1.54) is 44.1 Å². The van der Waals surface area contributed by atoms with E-state index in [0.29, 0.717) is 0 Å². The number of carbonyl (C=O) groups excluding carboxylic acids is 2. The lowest BCUT2D eigenvalue weighted by molar-refractivity contribution is -0.385. The van der Waals surface area contributed by atoms with Crippen molar-refractivity contribution in [3.63, 3.8) is 0 Å². The Labute approximate surface area is 135 Å². The van der Waals surface area contributed by atoms with Gasteiger partial charge in [0.1, 0.15) is 0 Å². The van der Waals surface area contributed by atoms with Gasteiger partial charge in [-0.05, 0) is 12.1 Å². The molecule has 0 radical (unpaired) electrons. The van der Waals surface area contributed by atoms with E-state index in [2.05, 4.69) is 9.84 Å². The van der Waals surface area contributed by atoms with Gasteiger partial charge in [0.15, 0.2) is 11.4 Å². The third-order valence-corrected chi connectivity index (χ3v) is 3.04. The van der Waals surface area contributed by atoms with Crippen LogP contribution < -0.4 is 9.47 Å². The fourth-order valence-corrected chi connectivity index (χ4v) is 1.86. The molecule has 0 saturated heterocycles. The van der Waals surface area contributed by atoms with Crippen molar-refractivity contribution in [1.82, 2.24) is 9.78 Å². The standard InChI is InChI=1S/C14H13N3O7/c1-16-12(7-9(15-16)14(19)23-3)24-13(18)8-4-5-11(22-2)10(6-8)17(20)21/h4-7H,1-3H3. The lowest BCUT2D eigenvalue weighted by Gasteiger charge is -2.05. The molecule has 24 heavy (non-hydrogen) atoms. The highest BCUT2D eigenvalue weighted by Crippen LogP contribution is 2.28. The minimum Gasteiger partial charge on any atom is -0.490 e. The van der Waals surface area contributed by atoms with Crippen molar-refractivity contribution >= 4 is 17.6 Å². The van der Waals surface area contributed by atoms with Gasteiger partial charge in [0, 0.05) is 19.2 Å². The number of esters is 2. The number of nitrogens with zero attached hydrogens (tertiary/aromatic N) is 3. The van der Waals surface area contributed by atoms with Gasteiger partial charge in [-0.15, -0.1) is 0 Å². The monoisotopic (exact) mass is 335 g/mol. The lowest BCUT2D eigenvalue weighted by atomic mass is 10.2. The number of carbonyl (C=O) groups is 2. The average Bonchev–Trinajstić information content (AvgIpc) is 2.94. The Morgan fingerprint density at radius 2 is 1.92 bits per heavy atom. The molecule has 0 bridgehead atoms. The van der Waals surface area contributed by atoms with Crippen LogP contribution in [0.1, 0.15) is 20.8 Å². The van der Waals surface area contributed by atoms with Crippen LogP contribution in [0.5, 0.6) is 11.6 Å². The lowest BCUT2D eigenvalue weighted by Crippen LogP contribution is -2.11. The van der Waals surface area contributed by atoms with Crippen LogP contribution in [0.4, 0.5) is 5.69 Å². The maximum Gasteiger partial charge on any atom is 0.358 e. The molecule has 0 unspecified atom stereocenters. The summed E-state index contributed by atoms with van der Waals surface area (Å²) in [7, 11) is 3.94. The van der Waals surface area contributed by atoms with E-state index in [1.807, 2.05) is 0 Å². The first-order valence-corrected chi connectivity index (χ1v) is 6.54. The van der Waals surface area contributed by atoms with Crippen molar-refractivity contribution in [1.29, 1.82) is 0 Å². The molecule has 0 aliphatic rings. The van der Waals surface area contributed by atoms with Gasteiger partial charge in [0.05, 0.1) is 24.7 Å². The van der Waals surface area contributed by atoms with E-state index in [4.69, 9.17) is 9.47 Å². The highest BCUT2D eigenvalue weighted by Gasteiger charge is 2.21. The summed E-state index contributed by atoms with van der Waals surface area (Å²) in [6.07, 6.45) is 0. The summed E-state index contributed by atoms with van der Waals surface area (Å²) in [5.74, 6) is -1.53. The number of rotatable bonds is 5. The summed E-state index contributed by atoms with van der Waals surface area (Å²) >= 11 is 0. The zero-order chi connectivity index (χ0) is 17.9. The van der Waals surface area contributed by atoms with Gasteiger partial charge >= 0.3 is 17.6 Å². The molecule has 10 nitrogen and oxygen atoms in total. The first-order chi connectivity index (χ1) is 11.4. The highest BCUT2D eigenvalue weighted by atomic mass is 16.6. The number of aryl methyl sites for hydroxylation is 1. The van der Waals surface area contributed by atoms with Crippen molar-refractivity contribution in [3.8, 4) is 11.6 Å². The Bertz CT molecular complexity index is 813. The molecule has 1 aromatic heterocycles. The molecule has 1 aromatic carbocycles. The minimum atomic E-state index is -0.847. The van der Waals surface area contributed by atoms with Crippen LogP contribution in [0.2, 0.25) is 0 Å². The van der Waals surface area contributed by atoms with Gasteiger partial charge in [0.25, 0.3) is 0 Å². The molecule has 0 aliphatic carbocycles. The molecular weight excluding hydrogens is 322 g/mol. The third kappa shape index (κ3) is 3.32. The number of methoxy groups -OCH3 is 2. The molecule has 2 aromatic rings. The number of aromatic nitrogens is 2. The second kappa shape index (κ2) is 6.77. The maximum absolute atomic E-state index is 12.1. The summed E-state index contributed by atoms with van der Waals surface area (Å²) in [5.41, 5.74) is -0.459. The number of benzene rings is 1. The first-order valence-electron chi connectivity index (χ1n) is 6.54. The third-order valence-electron chi connectivity index (χ3n) is 3.04. The van der Waals surface area contributed by atoms with Crippen LogP contribution in [0, 0.1) is 10.1 Å². The fraction of sp³-hybridized carbons (Fsp3) is 0.214. The maximum atomic E-state index is 12.1. The largest absolute Gasteiger partial charge is 0.490 e. The Hall–Kier alpha value is -3.43. The summed E-state index contributed by atoms with van der Waals surface area (Å²) in [5, 5.41) is 14.8. The van der Waals surface area contributed by atoms with Crippen LogP contribution in [-0.4, -0.2) is 40.9 Å². The van der Waals surface area contributed by atoms with E-state index >= 15 is 0 Å². The van der Waals surface area contributed by atoms with Crippen molar-refractivity contribution in [2.75, 3.05) is 14.2 Å². The Morgan fingerprint density at radius 1 is 1.21 bits per heavy atom. The SMILES string of the molecule is COC(=O)c1cc(OC(=O)c2ccc(OC)c([N+](=O)[O-])c2)n(C)n1. The molecule has 0 saturated carbocycles. The molecule has 126 valence electrons. The van der Waals surface area contributed by atoms with E-state index in [-0.39, 0.29) is 28.6 Å². The molecule has 0 atom stereocenters. The normalized spacial score (nSPS) is 10.1. The number of ether oxygens (including phenoxy) is 3. The predicted molar refractivity (Wildman–Crippen MR) is 79.2 cm³/mol. The topological polar surface area (TPSA) is 123 Å². The van der Waals surface area contributed by atoms with E-state index in [1.54, 1.807) is 0 Å². The van der Waals surface area contributed by atoms with Crippen LogP contribution >= 0.6 is 0 Å². The smallest absolute Gasteiger partial charge is 0.358 e. The molecule has 0 N–H and O–H groups in total. The van der Waals surface area contributed by atoms with Crippen LogP contribution in [0.15, 0.2) is 24.3 Å². The quantitative estimate of drug-likeness (QED) is 0.455. The summed E-state index contributed by atoms with van der Waals surface area (Å²) < 4.78 is 15.7. The second-order valence-electron chi connectivity index (χ2n) is 4.52. The number of hydrogen-bond donors (Lipinski definition) is 0. The molecule has 1 heterocycles. The van der Waals surface area contributed by atoms with Gasteiger partial charge in [-0.1, -0.05) is 0 Å². The number of nitro benzene ring substituents is 1. The molecule has 2 rings (SSSR count). The Morgan fingerprint density at radius 3 is 2.50 bits per heavy atom. The molecule has 10 heteroatoms. The predicted octanol–water partition coefficient (Wildman–Crippen LogP) is 1.34. The van der Waals surface area contributed by atoms with E-state index < -0.39 is 16.9 Å². The highest BCUT2D eigenvalue weighted by molar-refractivity contribution is 5.92. The molecule has 0 fully saturated rings. The summed E-state index contributed by atoms with van der Waals surface area (Å²) in [6, 6.07) is 4.88. The zero-order valence-corrected chi connectivity index (χ0v) is 13.0. The van der Waals surface area contributed by atoms with Gasteiger partial charge < -0.3 is 14.2 Å². The summed E-state index contributed by atoms with van der Waals surface area (Å²) in [4.78, 5) is 33.9. The van der Waals surface area contributed by atoms with Crippen molar-refractivity contribution < 1.29 is 28.7 Å². The zero-order valence-electron chi connectivity index (χ0n) is 13.0. The van der Waals surface area contributed by atoms with Gasteiger partial charge in [-0.3, -0.25) is 10.1 Å². The molecular formula is C14H13N3O7. The van der Waals surface area contributed by atoms with Gasteiger partial charge in [-0.2, -0.15) is 5.10 Å². The molecule has 0 aliphatic heterocycles. The fourth-order valence-electron chi connectivity index (χ4n) is 1.86. The van der Waals surface area contributed by atoms with Crippen LogP contribution in [0.25, 0.3) is 0 Å². The Kier molecular flexibility index (Phi) is 4.78. The number of nitro groups is 1. The van der Waals surface area contributed by atoms with E-state index in [9.17, 15) is 19.7 Å². The van der Waals surface area contributed by atoms with Crippen molar-refractivity contribution in [3.05, 3.63) is 45.6 Å². The minimum absolute atomic E-state index is 0.0149. The van der Waals surface area contributed by atoms with E-state index in [0.717, 1.165) is 6.07 Å². The summed E-state index contributed by atoms with van der Waals surface area (Å²) in [6.45, 7) is 0. The Balaban J connectivity index is 2.27. The van der Waals surface area contributed by atoms with Crippen molar-refractivity contribution in [2.45, 2.75) is 0 Å². The average molecular weight is 335 g/mol.